The fraction of sp³-hybridized carbons (Fsp3) is 0.417. The lowest BCUT2D eigenvalue weighted by atomic mass is 10.1. The van der Waals surface area contributed by atoms with E-state index >= 15 is 0 Å². The average molecular weight is 474 g/mol. The second kappa shape index (κ2) is 10.2. The molecule has 33 heavy (non-hydrogen) atoms. The number of hydrogen-bond acceptors (Lipinski definition) is 6. The van der Waals surface area contributed by atoms with Crippen molar-refractivity contribution in [1.82, 2.24) is 15.5 Å². The molecule has 9 heteroatoms. The summed E-state index contributed by atoms with van der Waals surface area (Å²) in [6, 6.07) is 15.0. The highest BCUT2D eigenvalue weighted by Crippen LogP contribution is 2.40. The monoisotopic (exact) mass is 473 g/mol. The number of nitrogens with zero attached hydrogens (tertiary/aromatic N) is 1. The molecule has 5 N–H and O–H groups in total. The van der Waals surface area contributed by atoms with E-state index in [9.17, 15) is 23.8 Å². The van der Waals surface area contributed by atoms with E-state index in [-0.39, 0.29) is 29.9 Å². The van der Waals surface area contributed by atoms with Gasteiger partial charge in [-0.15, -0.1) is 0 Å². The molecule has 1 atom stereocenters. The van der Waals surface area contributed by atoms with Crippen LogP contribution in [-0.4, -0.2) is 80.8 Å². The number of aliphatic hydroxyl groups is 1. The van der Waals surface area contributed by atoms with Gasteiger partial charge in [0.25, 0.3) is 11.8 Å². The van der Waals surface area contributed by atoms with Crippen molar-refractivity contribution in [1.29, 1.82) is 0 Å². The van der Waals surface area contributed by atoms with Crippen molar-refractivity contribution in [3.63, 3.8) is 0 Å². The first-order valence-electron chi connectivity index (χ1n) is 11.2. The number of aliphatic hydroxyl groups excluding tert-OH is 1. The molecular weight excluding hydrogens is 442 g/mol. The highest BCUT2D eigenvalue weighted by molar-refractivity contribution is 8.24. The fourth-order valence-corrected chi connectivity index (χ4v) is 5.50. The van der Waals surface area contributed by atoms with Crippen molar-refractivity contribution in [3.8, 4) is 0 Å². The maximum absolute atomic E-state index is 12.6. The van der Waals surface area contributed by atoms with Crippen LogP contribution in [0, 0.1) is 0 Å². The molecule has 0 bridgehead atoms. The summed E-state index contributed by atoms with van der Waals surface area (Å²) in [5.74, 6) is -0.102. The molecule has 2 aromatic carbocycles. The third-order valence-electron chi connectivity index (χ3n) is 6.25. The number of benzene rings is 2. The smallest absolute Gasteiger partial charge is 0.253 e. The quantitative estimate of drug-likeness (QED) is 0.418. The molecule has 4 rings (SSSR count). The third kappa shape index (κ3) is 6.13. The lowest BCUT2D eigenvalue weighted by Gasteiger charge is -2.40. The molecule has 2 amide bonds. The van der Waals surface area contributed by atoms with Crippen LogP contribution in [0.3, 0.4) is 0 Å². The first kappa shape index (κ1) is 23.7. The van der Waals surface area contributed by atoms with E-state index in [0.717, 1.165) is 12.8 Å². The molecular formula is C24H31N3O5S. The summed E-state index contributed by atoms with van der Waals surface area (Å²) in [4.78, 5) is 26.6. The summed E-state index contributed by atoms with van der Waals surface area (Å²) >= 11 is 0. The first-order chi connectivity index (χ1) is 15.8. The van der Waals surface area contributed by atoms with Crippen LogP contribution < -0.4 is 10.6 Å². The predicted octanol–water partition coefficient (Wildman–Crippen LogP) is 1.74. The largest absolute Gasteiger partial charge is 0.390 e. The lowest BCUT2D eigenvalue weighted by Crippen LogP contribution is -2.42. The van der Waals surface area contributed by atoms with E-state index in [4.69, 9.17) is 0 Å². The minimum atomic E-state index is -2.56. The molecule has 178 valence electrons. The molecule has 1 heterocycles. The van der Waals surface area contributed by atoms with Crippen LogP contribution in [0.5, 0.6) is 0 Å². The van der Waals surface area contributed by atoms with Crippen LogP contribution in [0.2, 0.25) is 0 Å². The van der Waals surface area contributed by atoms with Crippen LogP contribution in [0.25, 0.3) is 0 Å². The van der Waals surface area contributed by atoms with Gasteiger partial charge in [-0.3, -0.25) is 18.7 Å². The van der Waals surface area contributed by atoms with Gasteiger partial charge in [0.2, 0.25) is 0 Å². The van der Waals surface area contributed by atoms with Crippen LogP contribution in [0.4, 0.5) is 0 Å². The molecule has 1 unspecified atom stereocenters. The molecule has 0 radical (unpaired) electrons. The van der Waals surface area contributed by atoms with E-state index < -0.39 is 16.7 Å². The summed E-state index contributed by atoms with van der Waals surface area (Å²) < 4.78 is 19.4. The Kier molecular flexibility index (Phi) is 7.35. The topological polar surface area (TPSA) is 122 Å². The summed E-state index contributed by atoms with van der Waals surface area (Å²) in [5.41, 5.74) is 3.55. The molecule has 1 aliphatic carbocycles. The zero-order valence-corrected chi connectivity index (χ0v) is 19.3. The van der Waals surface area contributed by atoms with E-state index in [0.29, 0.717) is 36.8 Å². The van der Waals surface area contributed by atoms with Crippen molar-refractivity contribution >= 4 is 22.4 Å². The van der Waals surface area contributed by atoms with E-state index in [2.05, 4.69) is 22.8 Å². The Bertz CT molecular complexity index is 963. The van der Waals surface area contributed by atoms with Gasteiger partial charge in [0.1, 0.15) is 0 Å². The molecule has 0 saturated carbocycles. The number of rotatable bonds is 7. The zero-order valence-electron chi connectivity index (χ0n) is 18.4. The Hall–Kier alpha value is -2.43. The van der Waals surface area contributed by atoms with Gasteiger partial charge in [0.15, 0.2) is 0 Å². The van der Waals surface area contributed by atoms with Crippen LogP contribution in [0.15, 0.2) is 48.5 Å². The Morgan fingerprint density at radius 1 is 0.939 bits per heavy atom. The molecule has 0 spiro atoms. The summed E-state index contributed by atoms with van der Waals surface area (Å²) in [6.07, 6.45) is 1.18. The number of carbonyl (C=O) groups is 2. The standard InChI is InChI=1S/C24H31N3O5S/c28-22(15-25-21-13-19-3-1-2-4-20(19)14-21)16-26-23(29)17-5-7-18(8-6-17)24(30)27-9-11-33(31,32)12-10-27/h1-8,21-22,25,28,31-32H,9-16H2,(H,26,29). The van der Waals surface area contributed by atoms with E-state index in [1.165, 1.54) is 11.1 Å². The maximum atomic E-state index is 12.6. The van der Waals surface area contributed by atoms with Gasteiger partial charge in [0, 0.05) is 43.3 Å². The molecule has 1 fully saturated rings. The van der Waals surface area contributed by atoms with Gasteiger partial charge in [-0.2, -0.15) is 10.6 Å². The first-order valence-corrected chi connectivity index (χ1v) is 13.1. The third-order valence-corrected chi connectivity index (χ3v) is 7.92. The van der Waals surface area contributed by atoms with Gasteiger partial charge >= 0.3 is 0 Å². The number of hydrogen-bond donors (Lipinski definition) is 5. The SMILES string of the molecule is O=C(NCC(O)CNC1Cc2ccccc2C1)c1ccc(C(=O)N2CCS(O)(O)CC2)cc1. The minimum absolute atomic E-state index is 0.131. The van der Waals surface area contributed by atoms with E-state index in [1.807, 2.05) is 12.1 Å². The van der Waals surface area contributed by atoms with Gasteiger partial charge < -0.3 is 20.6 Å². The Labute approximate surface area is 195 Å². The fourth-order valence-electron chi connectivity index (χ4n) is 4.27. The van der Waals surface area contributed by atoms with Gasteiger partial charge in [-0.1, -0.05) is 24.3 Å². The van der Waals surface area contributed by atoms with Crippen molar-refractivity contribution < 1.29 is 23.8 Å². The van der Waals surface area contributed by atoms with Crippen molar-refractivity contribution in [2.75, 3.05) is 37.7 Å². The number of amides is 2. The summed E-state index contributed by atoms with van der Waals surface area (Å²) in [5, 5.41) is 16.4. The van der Waals surface area contributed by atoms with E-state index in [1.54, 1.807) is 29.2 Å². The zero-order chi connectivity index (χ0) is 23.4. The van der Waals surface area contributed by atoms with Crippen LogP contribution >= 0.6 is 10.6 Å². The second-order valence-corrected chi connectivity index (χ2v) is 11.1. The molecule has 2 aromatic rings. The molecule has 8 nitrogen and oxygen atoms in total. The van der Waals surface area contributed by atoms with Crippen molar-refractivity contribution in [3.05, 3.63) is 70.8 Å². The summed E-state index contributed by atoms with van der Waals surface area (Å²) in [6.45, 7) is 1.14. The number of fused-ring (bicyclic) bond motifs is 1. The van der Waals surface area contributed by atoms with Crippen molar-refractivity contribution in [2.24, 2.45) is 0 Å². The highest BCUT2D eigenvalue weighted by atomic mass is 32.3. The maximum Gasteiger partial charge on any atom is 0.253 e. The Morgan fingerprint density at radius 3 is 2.12 bits per heavy atom. The van der Waals surface area contributed by atoms with Gasteiger partial charge in [0.05, 0.1) is 17.6 Å². The highest BCUT2D eigenvalue weighted by Gasteiger charge is 2.26. The lowest BCUT2D eigenvalue weighted by molar-refractivity contribution is 0.0767. The van der Waals surface area contributed by atoms with Crippen LogP contribution in [-0.2, 0) is 12.8 Å². The Morgan fingerprint density at radius 2 is 1.52 bits per heavy atom. The van der Waals surface area contributed by atoms with Crippen LogP contribution in [0.1, 0.15) is 31.8 Å². The summed E-state index contributed by atoms with van der Waals surface area (Å²) in [7, 11) is -2.56. The molecule has 1 aliphatic heterocycles. The Balaban J connectivity index is 1.20. The predicted molar refractivity (Wildman–Crippen MR) is 129 cm³/mol. The average Bonchev–Trinajstić information content (AvgIpc) is 3.24. The number of nitrogens with one attached hydrogen (secondary N) is 2. The molecule has 0 aromatic heterocycles. The number of carbonyl (C=O) groups excluding carboxylic acids is 2. The minimum Gasteiger partial charge on any atom is -0.390 e. The van der Waals surface area contributed by atoms with Crippen molar-refractivity contribution in [2.45, 2.75) is 25.0 Å². The molecule has 2 aliphatic rings. The normalized spacial score (nSPS) is 19.5. The van der Waals surface area contributed by atoms with Gasteiger partial charge in [-0.25, -0.2) is 0 Å². The second-order valence-electron chi connectivity index (χ2n) is 8.73. The molecule has 1 saturated heterocycles. The van der Waals surface area contributed by atoms with Gasteiger partial charge in [-0.05, 0) is 48.2 Å².